The van der Waals surface area contributed by atoms with Gasteiger partial charge in [-0.2, -0.15) is 0 Å². The van der Waals surface area contributed by atoms with E-state index in [4.69, 9.17) is 0 Å². The predicted octanol–water partition coefficient (Wildman–Crippen LogP) is 0.0544. The molecule has 0 atom stereocenters. The highest BCUT2D eigenvalue weighted by molar-refractivity contribution is 4.94. The van der Waals surface area contributed by atoms with Gasteiger partial charge in [-0.15, -0.1) is 0 Å². The molecule has 0 bridgehead atoms. The third-order valence-electron chi connectivity index (χ3n) is 0.405. The molecule has 0 heterocycles. The lowest BCUT2D eigenvalue weighted by molar-refractivity contribution is 0.422. The largest absolute Gasteiger partial charge is 0.354 e. The third-order valence-corrected chi connectivity index (χ3v) is 0.405. The van der Waals surface area contributed by atoms with E-state index in [-0.39, 0.29) is 0 Å². The van der Waals surface area contributed by atoms with Gasteiger partial charge in [0.25, 0.3) is 0 Å². The van der Waals surface area contributed by atoms with Crippen molar-refractivity contribution in [2.24, 2.45) is 0 Å². The smallest absolute Gasteiger partial charge is 0.175 e. The Morgan fingerprint density at radius 2 is 1.00 bits per heavy atom. The van der Waals surface area contributed by atoms with E-state index < -0.39 is 0 Å². The maximum Gasteiger partial charge on any atom is 0.175 e. The second kappa shape index (κ2) is 7.64. The van der Waals surface area contributed by atoms with Gasteiger partial charge >= 0.3 is 0 Å². The van der Waals surface area contributed by atoms with Crippen molar-refractivity contribution in [2.45, 2.75) is 0 Å². The SMILES string of the molecule is C#COC#COC#COC#C. The first-order valence-corrected chi connectivity index (χ1v) is 2.30. The molecule has 11 heavy (non-hydrogen) atoms. The predicted molar refractivity (Wildman–Crippen MR) is 36.5 cm³/mol. The highest BCUT2D eigenvalue weighted by Crippen LogP contribution is 1.66. The van der Waals surface area contributed by atoms with E-state index in [0.29, 0.717) is 0 Å². The molecule has 0 amide bonds. The summed E-state index contributed by atoms with van der Waals surface area (Å²) in [5, 5.41) is 0. The molecule has 0 radical (unpaired) electrons. The Bertz CT molecular complexity index is 263. The fraction of sp³-hybridized carbons (Fsp3) is 0. The van der Waals surface area contributed by atoms with Gasteiger partial charge in [-0.25, -0.2) is 0 Å². The molecule has 0 saturated heterocycles. The lowest BCUT2D eigenvalue weighted by Crippen LogP contribution is -1.71. The van der Waals surface area contributed by atoms with Crippen LogP contribution in [0.2, 0.25) is 0 Å². The van der Waals surface area contributed by atoms with E-state index in [9.17, 15) is 0 Å². The van der Waals surface area contributed by atoms with Gasteiger partial charge < -0.3 is 14.2 Å². The molecule has 0 aliphatic carbocycles. The second-order valence-electron chi connectivity index (χ2n) is 0.950. The van der Waals surface area contributed by atoms with Gasteiger partial charge in [0.1, 0.15) is 12.2 Å². The molecule has 0 aromatic carbocycles. The molecule has 0 aliphatic heterocycles. The van der Waals surface area contributed by atoms with Gasteiger partial charge in [0.15, 0.2) is 24.4 Å². The minimum atomic E-state index is 1.80. The molecule has 0 spiro atoms. The van der Waals surface area contributed by atoms with Gasteiger partial charge in [0, 0.05) is 0 Å². The van der Waals surface area contributed by atoms with Gasteiger partial charge in [0.2, 0.25) is 0 Å². The summed E-state index contributed by atoms with van der Waals surface area (Å²) >= 11 is 0. The maximum atomic E-state index is 4.67. The summed E-state index contributed by atoms with van der Waals surface area (Å²) < 4.78 is 12.5. The van der Waals surface area contributed by atoms with Crippen molar-refractivity contribution < 1.29 is 14.2 Å². The lowest BCUT2D eigenvalue weighted by atomic mass is 11.1. The molecule has 0 aromatic heterocycles. The van der Waals surface area contributed by atoms with E-state index in [2.05, 4.69) is 27.1 Å². The van der Waals surface area contributed by atoms with Crippen LogP contribution in [0.4, 0.5) is 0 Å². The van der Waals surface area contributed by atoms with Gasteiger partial charge in [0.05, 0.1) is 0 Å². The number of ether oxygens (including phenoxy) is 3. The number of rotatable bonds is 0. The van der Waals surface area contributed by atoms with Crippen LogP contribution in [-0.2, 0) is 14.2 Å². The van der Waals surface area contributed by atoms with Crippen LogP contribution in [-0.4, -0.2) is 0 Å². The first kappa shape index (κ1) is 8.64. The molecule has 3 nitrogen and oxygen atoms in total. The first-order valence-electron chi connectivity index (χ1n) is 2.30. The standard InChI is InChI=1S/C8H2O3/c1-3-9-5-7-11-8-6-10-4-2/h1-2H. The molecular weight excluding hydrogens is 144 g/mol. The van der Waals surface area contributed by atoms with Crippen molar-refractivity contribution in [2.75, 3.05) is 0 Å². The number of hydrogen-bond donors (Lipinski definition) is 0. The fourth-order valence-electron chi connectivity index (χ4n) is 0.168. The zero-order valence-corrected chi connectivity index (χ0v) is 5.38. The summed E-state index contributed by atoms with van der Waals surface area (Å²) in [6, 6.07) is 0. The summed E-state index contributed by atoms with van der Waals surface area (Å²) in [6.45, 7) is 0. The number of hydrogen-bond acceptors (Lipinski definition) is 3. The van der Waals surface area contributed by atoms with Crippen LogP contribution >= 0.6 is 0 Å². The summed E-state index contributed by atoms with van der Waals surface area (Å²) in [7, 11) is 0. The van der Waals surface area contributed by atoms with Crippen molar-refractivity contribution in [3.05, 3.63) is 0 Å². The van der Waals surface area contributed by atoms with Crippen molar-refractivity contribution in [1.82, 2.24) is 0 Å². The Morgan fingerprint density at radius 1 is 0.636 bits per heavy atom. The minimum Gasteiger partial charge on any atom is -0.354 e. The van der Waals surface area contributed by atoms with E-state index in [1.54, 1.807) is 12.2 Å². The Kier molecular flexibility index (Phi) is 6.00. The summed E-state index contributed by atoms with van der Waals surface area (Å²) in [5.41, 5.74) is 0. The zero-order chi connectivity index (χ0) is 8.36. The molecule has 0 unspecified atom stereocenters. The van der Waals surface area contributed by atoms with Crippen LogP contribution in [0.5, 0.6) is 0 Å². The molecule has 0 N–H and O–H groups in total. The molecule has 0 rings (SSSR count). The minimum absolute atomic E-state index is 1.80. The number of terminal acetylenes is 2. The molecular formula is C8H2O3. The molecule has 0 saturated carbocycles. The van der Waals surface area contributed by atoms with Crippen LogP contribution in [0.3, 0.4) is 0 Å². The molecule has 0 fully saturated rings. The second-order valence-corrected chi connectivity index (χ2v) is 0.950. The summed E-state index contributed by atoms with van der Waals surface area (Å²) in [6.07, 6.45) is 21.0. The topological polar surface area (TPSA) is 27.7 Å². The Morgan fingerprint density at radius 3 is 1.36 bits per heavy atom. The Balaban J connectivity index is 3.48. The van der Waals surface area contributed by atoms with E-state index in [0.717, 1.165) is 0 Å². The monoisotopic (exact) mass is 146 g/mol. The third kappa shape index (κ3) is 7.64. The highest BCUT2D eigenvalue weighted by atomic mass is 16.5. The van der Waals surface area contributed by atoms with E-state index >= 15 is 0 Å². The quantitative estimate of drug-likeness (QED) is 0.452. The lowest BCUT2D eigenvalue weighted by Gasteiger charge is -1.75. The van der Waals surface area contributed by atoms with E-state index in [1.807, 2.05) is 24.4 Å². The average molecular weight is 146 g/mol. The molecule has 0 aliphatic rings. The molecule has 52 valence electrons. The van der Waals surface area contributed by atoms with Crippen LogP contribution in [0.1, 0.15) is 0 Å². The van der Waals surface area contributed by atoms with Gasteiger partial charge in [-0.3, -0.25) is 0 Å². The van der Waals surface area contributed by atoms with Crippen LogP contribution in [0.15, 0.2) is 0 Å². The maximum absolute atomic E-state index is 4.67. The zero-order valence-electron chi connectivity index (χ0n) is 5.38. The Labute approximate surface area is 64.6 Å². The van der Waals surface area contributed by atoms with Gasteiger partial charge in [-0.05, 0) is 0 Å². The van der Waals surface area contributed by atoms with Crippen LogP contribution in [0.25, 0.3) is 0 Å². The van der Waals surface area contributed by atoms with Crippen molar-refractivity contribution >= 4 is 0 Å². The van der Waals surface area contributed by atoms with Gasteiger partial charge in [-0.1, -0.05) is 12.8 Å². The average Bonchev–Trinajstić information content (AvgIpc) is 2.03. The Hall–Kier alpha value is -2.36. The molecule has 0 aromatic rings. The van der Waals surface area contributed by atoms with Crippen molar-refractivity contribution in [3.63, 3.8) is 0 Å². The van der Waals surface area contributed by atoms with Crippen LogP contribution < -0.4 is 0 Å². The highest BCUT2D eigenvalue weighted by Gasteiger charge is 1.66. The summed E-state index contributed by atoms with van der Waals surface area (Å²) in [4.78, 5) is 0. The molecule has 3 heteroatoms. The van der Waals surface area contributed by atoms with Crippen molar-refractivity contribution in [3.8, 4) is 49.5 Å². The first-order chi connectivity index (χ1) is 5.41. The fourth-order valence-corrected chi connectivity index (χ4v) is 0.168. The normalized spacial score (nSPS) is 4.55. The van der Waals surface area contributed by atoms with E-state index in [1.165, 1.54) is 0 Å². The summed E-state index contributed by atoms with van der Waals surface area (Å²) in [5.74, 6) is 0. The van der Waals surface area contributed by atoms with Crippen LogP contribution in [0, 0.1) is 49.5 Å². The van der Waals surface area contributed by atoms with Crippen molar-refractivity contribution in [1.29, 1.82) is 0 Å².